The number of amides is 2. The highest BCUT2D eigenvalue weighted by Crippen LogP contribution is 2.26. The molecule has 1 aromatic rings. The number of urea groups is 1. The molecule has 1 atom stereocenters. The number of hydrogen-bond acceptors (Lipinski definition) is 1. The number of hydrogen-bond donors (Lipinski definition) is 0. The first-order valence-corrected chi connectivity index (χ1v) is 6.66. The van der Waals surface area contributed by atoms with Gasteiger partial charge in [-0.05, 0) is 32.4 Å². The molecule has 1 unspecified atom stereocenters. The summed E-state index contributed by atoms with van der Waals surface area (Å²) in [7, 11) is 1.81. The number of nitrogens with zero attached hydrogens (tertiary/aromatic N) is 2. The van der Waals surface area contributed by atoms with Crippen LogP contribution in [0.2, 0.25) is 5.02 Å². The summed E-state index contributed by atoms with van der Waals surface area (Å²) in [6, 6.07) is 7.64. The van der Waals surface area contributed by atoms with Gasteiger partial charge in [-0.1, -0.05) is 29.8 Å². The van der Waals surface area contributed by atoms with Crippen LogP contribution in [0.4, 0.5) is 4.79 Å². The summed E-state index contributed by atoms with van der Waals surface area (Å²) in [4.78, 5) is 15.8. The van der Waals surface area contributed by atoms with E-state index in [1.165, 1.54) is 0 Å². The summed E-state index contributed by atoms with van der Waals surface area (Å²) in [6.45, 7) is 7.39. The molecule has 0 saturated heterocycles. The molecular formula is C14H21ClN2O. The normalized spacial score (nSPS) is 12.1. The van der Waals surface area contributed by atoms with Crippen LogP contribution in [0.15, 0.2) is 24.3 Å². The quantitative estimate of drug-likeness (QED) is 0.815. The predicted molar refractivity (Wildman–Crippen MR) is 75.9 cm³/mol. The van der Waals surface area contributed by atoms with E-state index in [2.05, 4.69) is 0 Å². The zero-order chi connectivity index (χ0) is 13.7. The molecule has 0 aliphatic rings. The van der Waals surface area contributed by atoms with E-state index in [4.69, 9.17) is 11.6 Å². The van der Waals surface area contributed by atoms with Crippen molar-refractivity contribution in [1.29, 1.82) is 0 Å². The first-order valence-electron chi connectivity index (χ1n) is 6.29. The maximum absolute atomic E-state index is 12.2. The van der Waals surface area contributed by atoms with Crippen LogP contribution >= 0.6 is 11.6 Å². The average molecular weight is 269 g/mol. The fraction of sp³-hybridized carbons (Fsp3) is 0.500. The summed E-state index contributed by atoms with van der Waals surface area (Å²) in [5, 5.41) is 0.698. The van der Waals surface area contributed by atoms with Crippen LogP contribution < -0.4 is 0 Å². The Balaban J connectivity index is 2.87. The molecule has 0 aliphatic carbocycles. The first-order chi connectivity index (χ1) is 8.52. The van der Waals surface area contributed by atoms with Gasteiger partial charge in [-0.15, -0.1) is 0 Å². The second-order valence-electron chi connectivity index (χ2n) is 4.26. The van der Waals surface area contributed by atoms with Crippen molar-refractivity contribution in [3.63, 3.8) is 0 Å². The summed E-state index contributed by atoms with van der Waals surface area (Å²) in [6.07, 6.45) is 0. The molecule has 0 radical (unpaired) electrons. The Morgan fingerprint density at radius 2 is 1.83 bits per heavy atom. The van der Waals surface area contributed by atoms with Crippen LogP contribution in [0.3, 0.4) is 0 Å². The first kappa shape index (κ1) is 14.8. The molecule has 0 N–H and O–H groups in total. The molecule has 0 aromatic heterocycles. The number of halogens is 1. The smallest absolute Gasteiger partial charge is 0.320 e. The molecule has 18 heavy (non-hydrogen) atoms. The Labute approximate surface area is 114 Å². The highest BCUT2D eigenvalue weighted by Gasteiger charge is 2.22. The minimum Gasteiger partial charge on any atom is -0.325 e. The van der Waals surface area contributed by atoms with E-state index in [9.17, 15) is 4.79 Å². The van der Waals surface area contributed by atoms with Crippen molar-refractivity contribution in [3.05, 3.63) is 34.9 Å². The summed E-state index contributed by atoms with van der Waals surface area (Å²) < 4.78 is 0. The Morgan fingerprint density at radius 3 is 2.33 bits per heavy atom. The topological polar surface area (TPSA) is 23.6 Å². The average Bonchev–Trinajstić information content (AvgIpc) is 2.39. The molecule has 0 bridgehead atoms. The van der Waals surface area contributed by atoms with Crippen LogP contribution in [-0.4, -0.2) is 36.0 Å². The molecular weight excluding hydrogens is 248 g/mol. The predicted octanol–water partition coefficient (Wildman–Crippen LogP) is 3.79. The Morgan fingerprint density at radius 1 is 1.28 bits per heavy atom. The number of benzene rings is 1. The van der Waals surface area contributed by atoms with Gasteiger partial charge >= 0.3 is 6.03 Å². The Kier molecular flexibility index (Phi) is 5.48. The molecule has 1 aromatic carbocycles. The molecule has 0 heterocycles. The van der Waals surface area contributed by atoms with Crippen molar-refractivity contribution in [2.75, 3.05) is 20.1 Å². The van der Waals surface area contributed by atoms with E-state index < -0.39 is 0 Å². The molecule has 0 saturated carbocycles. The third kappa shape index (κ3) is 3.16. The Hall–Kier alpha value is -1.22. The van der Waals surface area contributed by atoms with Gasteiger partial charge in [0.25, 0.3) is 0 Å². The number of carbonyl (C=O) groups excluding carboxylic acids is 1. The molecule has 2 amide bonds. The highest BCUT2D eigenvalue weighted by molar-refractivity contribution is 6.31. The van der Waals surface area contributed by atoms with Crippen molar-refractivity contribution in [2.45, 2.75) is 26.8 Å². The maximum Gasteiger partial charge on any atom is 0.320 e. The van der Waals surface area contributed by atoms with Gasteiger partial charge in [-0.2, -0.15) is 0 Å². The summed E-state index contributed by atoms with van der Waals surface area (Å²) >= 11 is 6.16. The minimum absolute atomic E-state index is 0.0346. The van der Waals surface area contributed by atoms with Crippen molar-refractivity contribution in [3.8, 4) is 0 Å². The van der Waals surface area contributed by atoms with E-state index in [0.717, 1.165) is 18.7 Å². The molecule has 0 aliphatic heterocycles. The lowest BCUT2D eigenvalue weighted by Crippen LogP contribution is -2.42. The number of rotatable bonds is 4. The standard InChI is InChI=1S/C14H21ClN2O/c1-5-17(6-2)14(18)16(4)11(3)12-9-7-8-10-13(12)15/h7-11H,5-6H2,1-4H3. The third-order valence-electron chi connectivity index (χ3n) is 3.27. The molecule has 3 nitrogen and oxygen atoms in total. The lowest BCUT2D eigenvalue weighted by molar-refractivity contribution is 0.154. The van der Waals surface area contributed by atoms with Gasteiger partial charge in [0.1, 0.15) is 0 Å². The van der Waals surface area contributed by atoms with Gasteiger partial charge in [0.15, 0.2) is 0 Å². The van der Waals surface area contributed by atoms with E-state index in [1.54, 1.807) is 9.80 Å². The fourth-order valence-electron chi connectivity index (χ4n) is 1.91. The van der Waals surface area contributed by atoms with Crippen LogP contribution in [0.5, 0.6) is 0 Å². The van der Waals surface area contributed by atoms with E-state index in [-0.39, 0.29) is 12.1 Å². The molecule has 0 spiro atoms. The van der Waals surface area contributed by atoms with Crippen molar-refractivity contribution >= 4 is 17.6 Å². The molecule has 1 rings (SSSR count). The zero-order valence-electron chi connectivity index (χ0n) is 11.5. The van der Waals surface area contributed by atoms with Gasteiger partial charge in [-0.25, -0.2) is 4.79 Å². The summed E-state index contributed by atoms with van der Waals surface area (Å²) in [5.41, 5.74) is 0.974. The number of carbonyl (C=O) groups is 1. The largest absolute Gasteiger partial charge is 0.325 e. The van der Waals surface area contributed by atoms with Crippen LogP contribution in [0.1, 0.15) is 32.4 Å². The van der Waals surface area contributed by atoms with E-state index in [1.807, 2.05) is 52.1 Å². The van der Waals surface area contributed by atoms with Gasteiger partial charge < -0.3 is 9.80 Å². The zero-order valence-corrected chi connectivity index (χ0v) is 12.2. The van der Waals surface area contributed by atoms with Crippen LogP contribution in [0.25, 0.3) is 0 Å². The van der Waals surface area contributed by atoms with Gasteiger partial charge in [0.05, 0.1) is 6.04 Å². The van der Waals surface area contributed by atoms with Gasteiger partial charge in [-0.3, -0.25) is 0 Å². The van der Waals surface area contributed by atoms with Crippen LogP contribution in [-0.2, 0) is 0 Å². The summed E-state index contributed by atoms with van der Waals surface area (Å²) in [5.74, 6) is 0. The SMILES string of the molecule is CCN(CC)C(=O)N(C)C(C)c1ccccc1Cl. The van der Waals surface area contributed by atoms with Gasteiger partial charge in [0.2, 0.25) is 0 Å². The molecule has 100 valence electrons. The lowest BCUT2D eigenvalue weighted by atomic mass is 10.1. The molecule has 0 fully saturated rings. The fourth-order valence-corrected chi connectivity index (χ4v) is 2.20. The van der Waals surface area contributed by atoms with E-state index in [0.29, 0.717) is 5.02 Å². The van der Waals surface area contributed by atoms with Crippen LogP contribution in [0, 0.1) is 0 Å². The minimum atomic E-state index is -0.0354. The van der Waals surface area contributed by atoms with Crippen molar-refractivity contribution in [2.24, 2.45) is 0 Å². The van der Waals surface area contributed by atoms with Crippen molar-refractivity contribution < 1.29 is 4.79 Å². The third-order valence-corrected chi connectivity index (χ3v) is 3.62. The monoisotopic (exact) mass is 268 g/mol. The Bertz CT molecular complexity index is 405. The molecule has 4 heteroatoms. The van der Waals surface area contributed by atoms with E-state index >= 15 is 0 Å². The second-order valence-corrected chi connectivity index (χ2v) is 4.67. The lowest BCUT2D eigenvalue weighted by Gasteiger charge is -2.31. The van der Waals surface area contributed by atoms with Crippen molar-refractivity contribution in [1.82, 2.24) is 9.80 Å². The maximum atomic E-state index is 12.2. The highest BCUT2D eigenvalue weighted by atomic mass is 35.5. The van der Waals surface area contributed by atoms with Gasteiger partial charge in [0, 0.05) is 25.2 Å². The second kappa shape index (κ2) is 6.64.